The van der Waals surface area contributed by atoms with E-state index in [4.69, 9.17) is 41.5 Å². The third kappa shape index (κ3) is 24.3. The highest BCUT2D eigenvalue weighted by molar-refractivity contribution is 8.00. The third-order valence-electron chi connectivity index (χ3n) is 11.4. The number of amides is 4. The summed E-state index contributed by atoms with van der Waals surface area (Å²) in [4.78, 5) is 93.1. The van der Waals surface area contributed by atoms with E-state index in [9.17, 15) is 71.4 Å². The number of nitrogens with two attached hydrogens (primary N) is 1. The Morgan fingerprint density at radius 1 is 0.859 bits per heavy atom. The van der Waals surface area contributed by atoms with Crippen LogP contribution in [0.25, 0.3) is 0 Å². The minimum absolute atomic E-state index is 0.0412. The molecule has 0 aliphatic carbocycles. The number of carboxylic acids is 1. The average molecular weight is 1440 g/mol. The summed E-state index contributed by atoms with van der Waals surface area (Å²) in [5.74, 6) is -2.63. The van der Waals surface area contributed by atoms with E-state index in [0.717, 1.165) is 60.3 Å². The summed E-state index contributed by atoms with van der Waals surface area (Å²) < 4.78 is 162. The molecule has 1 aliphatic rings. The van der Waals surface area contributed by atoms with Gasteiger partial charge in [0.05, 0.1) is 55.9 Å². The van der Waals surface area contributed by atoms with Gasteiger partial charge in [0.25, 0.3) is 20.0 Å². The molecule has 0 fully saturated rings. The van der Waals surface area contributed by atoms with Crippen LogP contribution in [0, 0.1) is 12.7 Å². The lowest BCUT2D eigenvalue weighted by Crippen LogP contribution is -2.36. The summed E-state index contributed by atoms with van der Waals surface area (Å²) in [6, 6.07) is 7.90. The molecule has 8 N–H and O–H groups in total. The Kier molecular flexibility index (Phi) is 28.4. The number of sulfonamides is 2. The highest BCUT2D eigenvalue weighted by atomic mass is 35.5. The Bertz CT molecular complexity index is 4140. The van der Waals surface area contributed by atoms with Crippen LogP contribution in [-0.4, -0.2) is 164 Å². The smallest absolute Gasteiger partial charge is 0.389 e. The molecule has 6 aromatic rings. The number of hydrogen-bond donors (Lipinski definition) is 7. The first-order valence-electron chi connectivity index (χ1n) is 26.0. The number of hydrogen-bond acceptors (Lipinski definition) is 26. The van der Waals surface area contributed by atoms with Crippen molar-refractivity contribution in [3.8, 4) is 17.8 Å². The number of aryl methyl sites for hydroxylation is 2. The van der Waals surface area contributed by atoms with Gasteiger partial charge < -0.3 is 34.7 Å². The minimum Gasteiger partial charge on any atom is -0.481 e. The van der Waals surface area contributed by atoms with Crippen molar-refractivity contribution in [1.29, 1.82) is 0 Å². The Morgan fingerprint density at radius 2 is 1.45 bits per heavy atom. The second kappa shape index (κ2) is 34.1. The average Bonchev–Trinajstić information content (AvgIpc) is 1.45. The Hall–Kier alpha value is -7.92. The van der Waals surface area contributed by atoms with Gasteiger partial charge in [-0.25, -0.2) is 54.9 Å². The summed E-state index contributed by atoms with van der Waals surface area (Å²) in [6.07, 6.45) is -3.21. The molecule has 0 saturated carbocycles. The number of thioether (sulfide) groups is 1. The number of sulfone groups is 1. The zero-order valence-corrected chi connectivity index (χ0v) is 55.1. The summed E-state index contributed by atoms with van der Waals surface area (Å²) in [7, 11) is -10.8. The van der Waals surface area contributed by atoms with Crippen molar-refractivity contribution in [2.75, 3.05) is 63.4 Å². The first-order valence-corrected chi connectivity index (χ1v) is 35.1. The van der Waals surface area contributed by atoms with Crippen molar-refractivity contribution >= 4 is 114 Å². The van der Waals surface area contributed by atoms with Crippen LogP contribution in [0.5, 0.6) is 17.8 Å². The lowest BCUT2D eigenvalue weighted by molar-refractivity contribution is -0.139. The molecule has 5 heterocycles. The standard InChI is InChI=1S/C15H15ClFN3O3S2.C15H16F3N5O4S.C14H17N5O7S2.C5H12NO4P/c1-23-13(21)8-24-12-7-11(10(17)6-9(12)16)18-14-19-4-2-3-5-20(19)15(22)25-14;1-9-19-12(22-14(20-9)27-2)21-13(24)23-28(25,26)11-6-4-3-5-10(11)7-8-15(16,17)18;1-4-27(21,22)9-6-5-7-15-12(9)28(23,24)19-14(20)18-13-16-10(25-2)8-11(17-13)26-3;1-11(9,10)3-2-4(6)5(7)8/h6-7H,2-5,8H2,1H3;3-6H,7-8H2,1-2H3,(H2,19,20,21,22,23,24);5-8H,4H2,1-3H3,(H2,16,17,18,19,20);4H,2-3,6H2,1H3,(H,7,8)(H,9,10)/b18-14-;;;. The molecule has 504 valence electrons. The van der Waals surface area contributed by atoms with E-state index in [2.05, 4.69) is 50.3 Å². The van der Waals surface area contributed by atoms with Crippen LogP contribution in [0.2, 0.25) is 5.02 Å². The number of esters is 1. The van der Waals surface area contributed by atoms with Crippen molar-refractivity contribution in [2.45, 2.75) is 91.0 Å². The molecule has 4 aromatic heterocycles. The largest absolute Gasteiger partial charge is 0.481 e. The normalized spacial score (nSPS) is 13.3. The number of anilines is 2. The van der Waals surface area contributed by atoms with Crippen LogP contribution < -0.4 is 49.7 Å². The highest BCUT2D eigenvalue weighted by Gasteiger charge is 2.31. The van der Waals surface area contributed by atoms with Gasteiger partial charge in [0.1, 0.15) is 28.3 Å². The zero-order chi connectivity index (χ0) is 68.9. The van der Waals surface area contributed by atoms with Crippen LogP contribution in [-0.2, 0) is 68.3 Å². The van der Waals surface area contributed by atoms with Gasteiger partial charge in [-0.05, 0) is 79.8 Å². The number of aliphatic carboxylic acids is 1. The monoisotopic (exact) mass is 1430 g/mol. The number of carboxylic acid groups (broad SMARTS) is 1. The fourth-order valence-electron chi connectivity index (χ4n) is 7.03. The molecule has 92 heavy (non-hydrogen) atoms. The molecule has 0 bridgehead atoms. The SMILES string of the molecule is CCS(=O)(=O)c1cccnc1S(=O)(=O)NC(=O)Nc1nc(OC)cc(OC)n1.COC(=O)CSc1cc(/N=c2\sc(=O)n3n2CCCC3)c(F)cc1Cl.COc1nc(C)nc(NC(=O)NS(=O)(=O)c2ccccc2CCC(F)(F)F)n1.CP(=O)(O)CCC(N)C(=O)O. The van der Waals surface area contributed by atoms with E-state index in [1.165, 1.54) is 85.3 Å². The first-order chi connectivity index (χ1) is 42.9. The Morgan fingerprint density at radius 3 is 2.01 bits per heavy atom. The maximum Gasteiger partial charge on any atom is 0.389 e. The number of rotatable bonds is 21. The molecule has 2 aromatic carbocycles. The molecule has 2 unspecified atom stereocenters. The summed E-state index contributed by atoms with van der Waals surface area (Å²) in [6.45, 7) is 5.36. The molecule has 0 saturated heterocycles. The van der Waals surface area contributed by atoms with Crippen molar-refractivity contribution in [3.05, 3.63) is 97.5 Å². The molecular formula is C49H60ClF4N14O18PS5. The fourth-order valence-corrected chi connectivity index (χ4v) is 13.5. The number of pyridine rings is 1. The van der Waals surface area contributed by atoms with Gasteiger partial charge in [-0.2, -0.15) is 46.5 Å². The second-order valence-corrected chi connectivity index (χ2v) is 28.7. The summed E-state index contributed by atoms with van der Waals surface area (Å²) in [5, 5.41) is 11.9. The fraction of sp³-hybridized carbons (Fsp3) is 0.388. The van der Waals surface area contributed by atoms with Gasteiger partial charge in [0.15, 0.2) is 22.2 Å². The maximum absolute atomic E-state index is 14.3. The number of nitrogens with zero attached hydrogens (tertiary/aromatic N) is 9. The molecule has 4 amide bonds. The maximum atomic E-state index is 14.3. The topological polar surface area (TPSA) is 456 Å². The molecule has 1 aliphatic heterocycles. The predicted molar refractivity (Wildman–Crippen MR) is 324 cm³/mol. The number of carbonyl (C=O) groups is 4. The molecule has 43 heteroatoms. The number of alkyl halides is 3. The number of urea groups is 2. The number of carbonyl (C=O) groups excluding carboxylic acids is 3. The van der Waals surface area contributed by atoms with Crippen LogP contribution in [0.1, 0.15) is 44.0 Å². The second-order valence-electron chi connectivity index (χ2n) is 18.3. The number of methoxy groups -OCH3 is 4. The van der Waals surface area contributed by atoms with Gasteiger partial charge in [0, 0.05) is 43.4 Å². The van der Waals surface area contributed by atoms with Gasteiger partial charge in [-0.1, -0.05) is 36.7 Å². The van der Waals surface area contributed by atoms with Crippen molar-refractivity contribution in [3.63, 3.8) is 0 Å². The van der Waals surface area contributed by atoms with E-state index >= 15 is 0 Å². The first kappa shape index (κ1) is 76.5. The zero-order valence-electron chi connectivity index (χ0n) is 49.3. The number of ether oxygens (including phenoxy) is 4. The Labute approximate surface area is 535 Å². The lowest BCUT2D eigenvalue weighted by atomic mass is 10.1. The number of benzene rings is 2. The molecule has 0 spiro atoms. The van der Waals surface area contributed by atoms with Crippen LogP contribution in [0.4, 0.5) is 44.7 Å². The number of nitrogens with one attached hydrogen (secondary N) is 4. The van der Waals surface area contributed by atoms with Crippen molar-refractivity contribution in [2.24, 2.45) is 10.7 Å². The Balaban J connectivity index is 0.000000272. The number of aromatic nitrogens is 8. The van der Waals surface area contributed by atoms with Gasteiger partial charge >= 0.3 is 41.1 Å². The number of halogens is 5. The van der Waals surface area contributed by atoms with Crippen molar-refractivity contribution in [1.82, 2.24) is 48.7 Å². The van der Waals surface area contributed by atoms with Gasteiger partial charge in [0.2, 0.25) is 28.5 Å². The number of fused-ring (bicyclic) bond motifs is 1. The van der Waals surface area contributed by atoms with E-state index in [0.29, 0.717) is 22.8 Å². The van der Waals surface area contributed by atoms with Gasteiger partial charge in [-0.3, -0.25) is 34.3 Å². The third-order valence-corrected chi connectivity index (χ3v) is 19.4. The minimum atomic E-state index is -4.61. The summed E-state index contributed by atoms with van der Waals surface area (Å²) >= 11 is 8.17. The van der Waals surface area contributed by atoms with Crippen molar-refractivity contribution < 1.29 is 95.5 Å². The summed E-state index contributed by atoms with van der Waals surface area (Å²) in [5.41, 5.74) is 5.10. The van der Waals surface area contributed by atoms with Crippen LogP contribution in [0.15, 0.2) is 90.3 Å². The van der Waals surface area contributed by atoms with E-state index < -0.39 is 107 Å². The molecule has 2 atom stereocenters. The lowest BCUT2D eigenvalue weighted by Gasteiger charge is -2.15. The van der Waals surface area contributed by atoms with Crippen LogP contribution >= 0.6 is 42.1 Å². The molecular weight excluding hydrogens is 1380 g/mol. The van der Waals surface area contributed by atoms with Gasteiger partial charge in [-0.15, -0.1) is 11.8 Å². The van der Waals surface area contributed by atoms with Crippen LogP contribution in [0.3, 0.4) is 0 Å². The van der Waals surface area contributed by atoms with E-state index in [1.807, 2.05) is 0 Å². The molecule has 0 radical (unpaired) electrons. The highest BCUT2D eigenvalue weighted by Crippen LogP contribution is 2.36. The van der Waals surface area contributed by atoms with E-state index in [1.54, 1.807) is 18.8 Å². The molecule has 7 rings (SSSR count). The quantitative estimate of drug-likeness (QED) is 0.0219. The molecule has 32 nitrogen and oxygen atoms in total. The van der Waals surface area contributed by atoms with E-state index in [-0.39, 0.29) is 80.7 Å². The predicted octanol–water partition coefficient (Wildman–Crippen LogP) is 4.87.